The van der Waals surface area contributed by atoms with Gasteiger partial charge in [0, 0.05) is 102 Å². The van der Waals surface area contributed by atoms with Crippen LogP contribution in [0.2, 0.25) is 10.0 Å². The molecule has 19 heteroatoms. The maximum absolute atomic E-state index is 8.87. The van der Waals surface area contributed by atoms with Crippen LogP contribution in [0.15, 0.2) is 200 Å². The first-order valence-corrected chi connectivity index (χ1v) is 47.2. The van der Waals surface area contributed by atoms with Crippen LogP contribution in [0.25, 0.3) is 98.6 Å². The molecule has 4 heterocycles. The number of nitrogens with zero attached hydrogens (tertiary/aromatic N) is 2. The molecule has 0 saturated heterocycles. The SMILES string of the molecule is Clc1ccc2c(c1)[nH]c1ccc3[nH]c4ccccc4c3c12.Clc1ccc2c3c4c5ccccc5n(-c5ccccc5)c4ccc3n(-c3ccccc3)c2c1.Ic1ccccc1.NC1CCCCC1N.O=[P+]([O-])O[O-].[Cu][I].[K+].[K][K]. The molecule has 390 valence electrons. The first kappa shape index (κ1) is 66.1. The second kappa shape index (κ2) is 32.9. The molecule has 3 atom stereocenters. The van der Waals surface area contributed by atoms with Gasteiger partial charge in [0.1, 0.15) is 0 Å². The number of para-hydroxylation sites is 4. The van der Waals surface area contributed by atoms with Crippen molar-refractivity contribution in [3.63, 3.8) is 0 Å². The summed E-state index contributed by atoms with van der Waals surface area (Å²) in [5.41, 5.74) is 22.9. The molecular weight excluding hydrogens is 1410 g/mol. The van der Waals surface area contributed by atoms with Crippen LogP contribution in [0, 0.1) is 3.57 Å². The van der Waals surface area contributed by atoms with E-state index in [9.17, 15) is 0 Å². The monoisotopic (exact) mass is 1450 g/mol. The molecule has 3 unspecified atom stereocenters. The van der Waals surface area contributed by atoms with Gasteiger partial charge in [-0.05, 0) is 137 Å². The molecule has 4 aromatic heterocycles. The van der Waals surface area contributed by atoms with Crippen molar-refractivity contribution in [2.24, 2.45) is 11.5 Å². The third-order valence-corrected chi connectivity index (χ3v) is 14.7. The van der Waals surface area contributed by atoms with Crippen LogP contribution in [0.3, 0.4) is 0 Å². The molecule has 6 N–H and O–H groups in total. The number of nitrogens with two attached hydrogens (primary N) is 2. The first-order valence-electron chi connectivity index (χ1n) is 25.2. The van der Waals surface area contributed by atoms with Crippen molar-refractivity contribution in [3.8, 4) is 11.4 Å². The summed E-state index contributed by atoms with van der Waals surface area (Å²) in [6.45, 7) is 0. The minimum absolute atomic E-state index is 0. The second-order valence-electron chi connectivity index (χ2n) is 18.0. The Hall–Kier alpha value is -0.451. The molecular formula is C60H49Cl2CuI2K3N6O4P. The van der Waals surface area contributed by atoms with Gasteiger partial charge in [-0.25, -0.2) is 4.67 Å². The van der Waals surface area contributed by atoms with Crippen LogP contribution in [0.1, 0.15) is 25.7 Å². The third kappa shape index (κ3) is 16.0. The fourth-order valence-corrected chi connectivity index (χ4v) is 10.9. The van der Waals surface area contributed by atoms with Gasteiger partial charge in [-0.3, -0.25) is 0 Å². The molecule has 0 bridgehead atoms. The van der Waals surface area contributed by atoms with Crippen molar-refractivity contribution >= 4 is 225 Å². The molecule has 1 saturated carbocycles. The number of aromatic amines is 2. The summed E-state index contributed by atoms with van der Waals surface area (Å²) in [6, 6.07) is 70.0. The molecule has 10 nitrogen and oxygen atoms in total. The Balaban J connectivity index is 0.000000167. The zero-order valence-corrected chi connectivity index (χ0v) is 60.5. The number of fused-ring (bicyclic) bond motifs is 14. The summed E-state index contributed by atoms with van der Waals surface area (Å²) < 4.78 is 17.3. The first-order chi connectivity index (χ1) is 38.1. The van der Waals surface area contributed by atoms with Crippen molar-refractivity contribution < 1.29 is 83.5 Å². The Morgan fingerprint density at radius 2 is 0.924 bits per heavy atom. The van der Waals surface area contributed by atoms with E-state index in [-0.39, 0.29) is 63.5 Å². The fourth-order valence-electron chi connectivity index (χ4n) is 10.2. The van der Waals surface area contributed by atoms with E-state index < -0.39 is 8.25 Å². The molecule has 13 aromatic rings. The number of nitrogens with one attached hydrogen (secondary N) is 2. The number of halogens is 4. The Bertz CT molecular complexity index is 4110. The van der Waals surface area contributed by atoms with Gasteiger partial charge in [-0.1, -0.05) is 139 Å². The fraction of sp³-hybridized carbons (Fsp3) is 0.100. The number of hydrogen-bond acceptors (Lipinski definition) is 6. The van der Waals surface area contributed by atoms with E-state index >= 15 is 0 Å². The van der Waals surface area contributed by atoms with E-state index in [1.165, 1.54) is 150 Å². The van der Waals surface area contributed by atoms with E-state index in [0.717, 1.165) is 50.8 Å². The number of H-pyrrole nitrogens is 2. The Kier molecular flexibility index (Phi) is 27.5. The van der Waals surface area contributed by atoms with E-state index in [1.54, 1.807) is 20.3 Å². The number of aromatic nitrogens is 4. The van der Waals surface area contributed by atoms with Gasteiger partial charge in [-0.15, -0.1) is 0 Å². The van der Waals surface area contributed by atoms with Gasteiger partial charge in [0.05, 0.1) is 22.1 Å². The van der Waals surface area contributed by atoms with Gasteiger partial charge in [0.15, 0.2) is 0 Å². The summed E-state index contributed by atoms with van der Waals surface area (Å²) in [7, 11) is -3.15. The van der Waals surface area contributed by atoms with Crippen molar-refractivity contribution in [3.05, 3.63) is 214 Å². The topological polar surface area (TPSA) is 166 Å². The van der Waals surface area contributed by atoms with Crippen LogP contribution < -0.4 is 73.0 Å². The van der Waals surface area contributed by atoms with E-state index in [2.05, 4.69) is 223 Å². The van der Waals surface area contributed by atoms with E-state index in [0.29, 0.717) is 0 Å². The van der Waals surface area contributed by atoms with Crippen LogP contribution in [-0.4, -0.2) is 94.3 Å². The zero-order chi connectivity index (χ0) is 55.3. The Labute approximate surface area is 590 Å². The van der Waals surface area contributed by atoms with Gasteiger partial charge < -0.3 is 40.7 Å². The summed E-state index contributed by atoms with van der Waals surface area (Å²) in [6.07, 6.45) is 4.80. The quantitative estimate of drug-likeness (QED) is 0.0452. The van der Waals surface area contributed by atoms with Crippen LogP contribution in [-0.2, 0) is 22.0 Å². The molecule has 1 aliphatic carbocycles. The molecule has 1 fully saturated rings. The molecule has 1 aliphatic rings. The van der Waals surface area contributed by atoms with Gasteiger partial charge >= 0.3 is 156 Å². The van der Waals surface area contributed by atoms with Gasteiger partial charge in [0.2, 0.25) is 0 Å². The van der Waals surface area contributed by atoms with Crippen LogP contribution >= 0.6 is 74.4 Å². The minimum atomic E-state index is -3.15. The van der Waals surface area contributed by atoms with E-state index in [1.807, 2.05) is 36.4 Å². The summed E-state index contributed by atoms with van der Waals surface area (Å²) in [5.74, 6) is 0. The molecule has 0 amide bonds. The number of benzene rings is 9. The number of rotatable bonds is 3. The maximum atomic E-state index is 8.87. The van der Waals surface area contributed by atoms with Crippen molar-refractivity contribution in [1.29, 1.82) is 0 Å². The molecule has 9 aromatic carbocycles. The average molecular weight is 1450 g/mol. The number of hydrogen-bond donors (Lipinski definition) is 4. The van der Waals surface area contributed by atoms with Crippen molar-refractivity contribution in [1.82, 2.24) is 19.1 Å². The van der Waals surface area contributed by atoms with Crippen LogP contribution in [0.5, 0.6) is 0 Å². The normalized spacial score (nSPS) is 13.8. The summed E-state index contributed by atoms with van der Waals surface area (Å²) >= 11 is 23.2. The van der Waals surface area contributed by atoms with Crippen LogP contribution in [0.4, 0.5) is 0 Å². The summed E-state index contributed by atoms with van der Waals surface area (Å²) in [5, 5.41) is 20.0. The van der Waals surface area contributed by atoms with E-state index in [4.69, 9.17) is 49.4 Å². The van der Waals surface area contributed by atoms with Crippen molar-refractivity contribution in [2.75, 3.05) is 0 Å². The van der Waals surface area contributed by atoms with Gasteiger partial charge in [0.25, 0.3) is 0 Å². The third-order valence-electron chi connectivity index (χ3n) is 13.4. The molecule has 14 rings (SSSR count). The molecule has 79 heavy (non-hydrogen) atoms. The Morgan fingerprint density at radius 3 is 1.42 bits per heavy atom. The molecule has 0 aliphatic heterocycles. The Morgan fingerprint density at radius 1 is 0.519 bits per heavy atom. The molecule has 0 radical (unpaired) electrons. The predicted molar refractivity (Wildman–Crippen MR) is 338 cm³/mol. The standard InChI is InChI=1S/C30H19ClN2.C18H11ClN2.C6H5I.C6H14N2.Cu.HI.3K.HO4P/c31-20-15-16-24-28(19-20)33(22-11-5-2-6-12-22)27-18-17-26-29(30(24)27)23-13-7-8-14-25(23)32(26)21-9-3-1-4-10-21;19-10-5-6-12-16(9-10)21-15-8-7-14-17(18(12)15)11-3-1-2-4-13(11)20-14;7-6-4-2-1-3-5-6;7-5-3-1-2-4-6(5)8;;;;;;1-4-5(2)3/h1-19H;1-9,20-21H;1-5H;5-6H,1-4,7-8H2;;1H;;;;1H/q;;;;+1;;;;+1;/p-2. The van der Waals surface area contributed by atoms with Gasteiger partial charge in [-0.2, -0.15) is 0 Å². The summed E-state index contributed by atoms with van der Waals surface area (Å²) in [4.78, 5) is 15.8. The second-order valence-corrected chi connectivity index (χ2v) is 20.7. The zero-order valence-electron chi connectivity index (χ0n) is 43.5. The molecule has 0 spiro atoms. The predicted octanol–water partition coefficient (Wildman–Crippen LogP) is 12.1. The van der Waals surface area contributed by atoms with Crippen molar-refractivity contribution in [2.45, 2.75) is 37.8 Å². The average Bonchev–Trinajstić information content (AvgIpc) is 4.42.